The molecule has 0 saturated carbocycles. The van der Waals surface area contributed by atoms with Gasteiger partial charge in [-0.3, -0.25) is 4.79 Å². The predicted octanol–water partition coefficient (Wildman–Crippen LogP) is 4.79. The highest BCUT2D eigenvalue weighted by Gasteiger charge is 2.33. The van der Waals surface area contributed by atoms with E-state index in [1.807, 2.05) is 32.0 Å². The van der Waals surface area contributed by atoms with Crippen LogP contribution in [-0.4, -0.2) is 31.7 Å². The molecule has 0 aromatic heterocycles. The standard InChI is InChI=1S/C21H24Cl2N2O3S/c1-14-5-3-6-15(2)20(14)24-21(26)16-7-4-10-25(12-16)29(27,28)13-17-8-9-18(22)11-19(17)23/h3,5-6,8-9,11,16H,4,7,10,12-13H2,1-2H3,(H,24,26). The molecule has 8 heteroatoms. The first-order valence-corrected chi connectivity index (χ1v) is 11.8. The second-order valence-corrected chi connectivity index (χ2v) is 10.3. The Labute approximate surface area is 182 Å². The van der Waals surface area contributed by atoms with E-state index >= 15 is 0 Å². The van der Waals surface area contributed by atoms with Gasteiger partial charge in [0.1, 0.15) is 0 Å². The van der Waals surface area contributed by atoms with E-state index in [4.69, 9.17) is 23.2 Å². The average Bonchev–Trinajstić information content (AvgIpc) is 2.67. The van der Waals surface area contributed by atoms with E-state index in [0.29, 0.717) is 35.0 Å². The smallest absolute Gasteiger partial charge is 0.228 e. The quantitative estimate of drug-likeness (QED) is 0.705. The molecule has 3 rings (SSSR count). The number of nitrogens with zero attached hydrogens (tertiary/aromatic N) is 1. The summed E-state index contributed by atoms with van der Waals surface area (Å²) in [6, 6.07) is 10.6. The fraction of sp³-hybridized carbons (Fsp3) is 0.381. The third kappa shape index (κ3) is 5.31. The summed E-state index contributed by atoms with van der Waals surface area (Å²) in [4.78, 5) is 12.8. The summed E-state index contributed by atoms with van der Waals surface area (Å²) in [5.74, 6) is -0.751. The first kappa shape index (κ1) is 22.1. The number of amides is 1. The number of para-hydroxylation sites is 1. The van der Waals surface area contributed by atoms with E-state index in [2.05, 4.69) is 5.32 Å². The second kappa shape index (κ2) is 9.04. The van der Waals surface area contributed by atoms with Gasteiger partial charge >= 0.3 is 0 Å². The summed E-state index contributed by atoms with van der Waals surface area (Å²) >= 11 is 12.0. The number of halogens is 2. The fourth-order valence-corrected chi connectivity index (χ4v) is 5.77. The topological polar surface area (TPSA) is 66.5 Å². The van der Waals surface area contributed by atoms with Crippen molar-refractivity contribution in [2.24, 2.45) is 5.92 Å². The molecular formula is C21H24Cl2N2O3S. The van der Waals surface area contributed by atoms with Crippen molar-refractivity contribution in [2.45, 2.75) is 32.4 Å². The first-order valence-electron chi connectivity index (χ1n) is 9.46. The Morgan fingerprint density at radius 2 is 1.86 bits per heavy atom. The van der Waals surface area contributed by atoms with E-state index in [1.54, 1.807) is 12.1 Å². The number of carbonyl (C=O) groups excluding carboxylic acids is 1. The summed E-state index contributed by atoms with van der Waals surface area (Å²) in [5, 5.41) is 3.77. The molecule has 0 aliphatic carbocycles. The van der Waals surface area contributed by atoms with Gasteiger partial charge in [-0.1, -0.05) is 47.5 Å². The van der Waals surface area contributed by atoms with Crippen molar-refractivity contribution in [3.05, 3.63) is 63.1 Å². The minimum atomic E-state index is -3.60. The van der Waals surface area contributed by atoms with Crippen molar-refractivity contribution in [1.82, 2.24) is 4.31 Å². The van der Waals surface area contributed by atoms with Crippen LogP contribution in [0.1, 0.15) is 29.5 Å². The molecule has 29 heavy (non-hydrogen) atoms. The van der Waals surface area contributed by atoms with E-state index in [-0.39, 0.29) is 18.2 Å². The number of rotatable bonds is 5. The van der Waals surface area contributed by atoms with Crippen molar-refractivity contribution in [2.75, 3.05) is 18.4 Å². The lowest BCUT2D eigenvalue weighted by atomic mass is 9.98. The molecule has 1 amide bonds. The fourth-order valence-electron chi connectivity index (χ4n) is 3.57. The molecular weight excluding hydrogens is 431 g/mol. The zero-order valence-corrected chi connectivity index (χ0v) is 18.7. The number of anilines is 1. The van der Waals surface area contributed by atoms with Crippen LogP contribution in [0.5, 0.6) is 0 Å². The van der Waals surface area contributed by atoms with Gasteiger partial charge in [-0.05, 0) is 55.5 Å². The molecule has 1 unspecified atom stereocenters. The van der Waals surface area contributed by atoms with Crippen molar-refractivity contribution >= 4 is 44.8 Å². The van der Waals surface area contributed by atoms with Gasteiger partial charge in [0.15, 0.2) is 0 Å². The van der Waals surface area contributed by atoms with Crippen LogP contribution in [0.25, 0.3) is 0 Å². The number of hydrogen-bond acceptors (Lipinski definition) is 3. The number of benzene rings is 2. The molecule has 1 saturated heterocycles. The summed E-state index contributed by atoms with van der Waals surface area (Å²) in [6.07, 6.45) is 1.29. The molecule has 0 bridgehead atoms. The molecule has 1 N–H and O–H groups in total. The molecule has 0 radical (unpaired) electrons. The lowest BCUT2D eigenvalue weighted by molar-refractivity contribution is -0.120. The first-order chi connectivity index (χ1) is 13.7. The monoisotopic (exact) mass is 454 g/mol. The molecule has 2 aromatic rings. The van der Waals surface area contributed by atoms with Crippen LogP contribution in [0.2, 0.25) is 10.0 Å². The third-order valence-electron chi connectivity index (χ3n) is 5.23. The minimum absolute atomic E-state index is 0.146. The number of carbonyl (C=O) groups is 1. The number of hydrogen-bond donors (Lipinski definition) is 1. The zero-order valence-electron chi connectivity index (χ0n) is 16.4. The summed E-state index contributed by atoms with van der Waals surface area (Å²) in [7, 11) is -3.60. The number of piperidine rings is 1. The van der Waals surface area contributed by atoms with Crippen molar-refractivity contribution in [1.29, 1.82) is 0 Å². The van der Waals surface area contributed by atoms with Gasteiger partial charge in [0.2, 0.25) is 15.9 Å². The van der Waals surface area contributed by atoms with Gasteiger partial charge in [0.25, 0.3) is 0 Å². The minimum Gasteiger partial charge on any atom is -0.325 e. The molecule has 156 valence electrons. The van der Waals surface area contributed by atoms with Gasteiger partial charge < -0.3 is 5.32 Å². The zero-order chi connectivity index (χ0) is 21.2. The SMILES string of the molecule is Cc1cccc(C)c1NC(=O)C1CCCN(S(=O)(=O)Cc2ccc(Cl)cc2Cl)C1. The molecule has 1 atom stereocenters. The van der Waals surface area contributed by atoms with Crippen LogP contribution >= 0.6 is 23.2 Å². The molecule has 1 aliphatic rings. The van der Waals surface area contributed by atoms with Crippen LogP contribution in [0.15, 0.2) is 36.4 Å². The number of nitrogens with one attached hydrogen (secondary N) is 1. The third-order valence-corrected chi connectivity index (χ3v) is 7.61. The van der Waals surface area contributed by atoms with Crippen molar-refractivity contribution < 1.29 is 13.2 Å². The van der Waals surface area contributed by atoms with Crippen LogP contribution in [0, 0.1) is 19.8 Å². The summed E-state index contributed by atoms with van der Waals surface area (Å²) in [5.41, 5.74) is 3.26. The van der Waals surface area contributed by atoms with E-state index < -0.39 is 15.9 Å². The average molecular weight is 455 g/mol. The second-order valence-electron chi connectivity index (χ2n) is 7.45. The predicted molar refractivity (Wildman–Crippen MR) is 118 cm³/mol. The number of aryl methyl sites for hydroxylation is 2. The molecule has 1 fully saturated rings. The molecule has 1 aliphatic heterocycles. The Bertz CT molecular complexity index is 1000. The van der Waals surface area contributed by atoms with Gasteiger partial charge in [0.05, 0.1) is 11.7 Å². The Balaban J connectivity index is 1.71. The molecule has 0 spiro atoms. The highest BCUT2D eigenvalue weighted by molar-refractivity contribution is 7.88. The van der Waals surface area contributed by atoms with E-state index in [9.17, 15) is 13.2 Å². The Kier molecular flexibility index (Phi) is 6.89. The molecule has 5 nitrogen and oxygen atoms in total. The Morgan fingerprint density at radius 3 is 2.52 bits per heavy atom. The van der Waals surface area contributed by atoms with E-state index in [1.165, 1.54) is 10.4 Å². The Morgan fingerprint density at radius 1 is 1.17 bits per heavy atom. The van der Waals surface area contributed by atoms with Crippen molar-refractivity contribution in [3.8, 4) is 0 Å². The van der Waals surface area contributed by atoms with E-state index in [0.717, 1.165) is 16.8 Å². The van der Waals surface area contributed by atoms with Crippen LogP contribution in [0.4, 0.5) is 5.69 Å². The molecule has 1 heterocycles. The summed E-state index contributed by atoms with van der Waals surface area (Å²) in [6.45, 7) is 4.46. The summed E-state index contributed by atoms with van der Waals surface area (Å²) < 4.78 is 27.3. The van der Waals surface area contributed by atoms with Crippen LogP contribution < -0.4 is 5.32 Å². The van der Waals surface area contributed by atoms with Gasteiger partial charge in [-0.25, -0.2) is 12.7 Å². The highest BCUT2D eigenvalue weighted by Crippen LogP contribution is 2.27. The maximum absolute atomic E-state index is 12.9. The maximum Gasteiger partial charge on any atom is 0.228 e. The largest absolute Gasteiger partial charge is 0.325 e. The normalized spacial score (nSPS) is 17.9. The lowest BCUT2D eigenvalue weighted by Crippen LogP contribution is -2.44. The molecule has 2 aromatic carbocycles. The van der Waals surface area contributed by atoms with Crippen LogP contribution in [-0.2, 0) is 20.6 Å². The highest BCUT2D eigenvalue weighted by atomic mass is 35.5. The van der Waals surface area contributed by atoms with Gasteiger partial charge in [-0.2, -0.15) is 0 Å². The maximum atomic E-state index is 12.9. The lowest BCUT2D eigenvalue weighted by Gasteiger charge is -2.31. The van der Waals surface area contributed by atoms with Gasteiger partial charge in [-0.15, -0.1) is 0 Å². The van der Waals surface area contributed by atoms with Crippen LogP contribution in [0.3, 0.4) is 0 Å². The Hall–Kier alpha value is -1.60. The number of sulfonamides is 1. The van der Waals surface area contributed by atoms with Gasteiger partial charge in [0, 0.05) is 28.8 Å². The van der Waals surface area contributed by atoms with Crippen molar-refractivity contribution in [3.63, 3.8) is 0 Å².